The van der Waals surface area contributed by atoms with Crippen molar-refractivity contribution >= 4 is 15.6 Å². The molecule has 0 amide bonds. The van der Waals surface area contributed by atoms with Crippen molar-refractivity contribution in [2.45, 2.75) is 24.7 Å². The molecule has 0 unspecified atom stereocenters. The van der Waals surface area contributed by atoms with Crippen LogP contribution >= 0.6 is 0 Å². The topological polar surface area (TPSA) is 60.4 Å². The minimum atomic E-state index is -3.16. The molecule has 0 aliphatic carbocycles. The summed E-state index contributed by atoms with van der Waals surface area (Å²) in [6.07, 6.45) is 2.33. The highest BCUT2D eigenvalue weighted by atomic mass is 32.2. The molecule has 94 valence electrons. The number of Topliss-reactive ketones (excluding diaryl/α,β-unsaturated/α-hetero) is 1. The molecule has 0 saturated heterocycles. The molecule has 0 atom stereocenters. The van der Waals surface area contributed by atoms with Gasteiger partial charge < -0.3 is 9.53 Å². The first-order valence-electron chi connectivity index (χ1n) is 5.32. The molecule has 1 rings (SSSR count). The second-order valence-electron chi connectivity index (χ2n) is 3.90. The van der Waals surface area contributed by atoms with Crippen LogP contribution in [-0.4, -0.2) is 27.1 Å². The van der Waals surface area contributed by atoms with Gasteiger partial charge in [-0.15, -0.1) is 0 Å². The third-order valence-corrected chi connectivity index (χ3v) is 3.32. The first kappa shape index (κ1) is 13.7. The predicted molar refractivity (Wildman–Crippen MR) is 65.0 cm³/mol. The van der Waals surface area contributed by atoms with Crippen LogP contribution < -0.4 is 4.74 Å². The van der Waals surface area contributed by atoms with E-state index in [0.717, 1.165) is 6.26 Å². The van der Waals surface area contributed by atoms with Crippen molar-refractivity contribution in [1.29, 1.82) is 0 Å². The second kappa shape index (κ2) is 5.82. The Morgan fingerprint density at radius 2 is 1.82 bits per heavy atom. The average molecular weight is 256 g/mol. The molecule has 1 aromatic rings. The van der Waals surface area contributed by atoms with Gasteiger partial charge in [-0.05, 0) is 37.6 Å². The molecule has 1 aromatic carbocycles. The molecule has 0 bridgehead atoms. The van der Waals surface area contributed by atoms with E-state index in [2.05, 4.69) is 0 Å². The summed E-state index contributed by atoms with van der Waals surface area (Å²) in [5.74, 6) is 0.752. The lowest BCUT2D eigenvalue weighted by atomic mass is 10.2. The van der Waals surface area contributed by atoms with E-state index in [9.17, 15) is 13.2 Å². The van der Waals surface area contributed by atoms with E-state index in [0.29, 0.717) is 25.2 Å². The van der Waals surface area contributed by atoms with Gasteiger partial charge in [-0.3, -0.25) is 0 Å². The third kappa shape index (κ3) is 4.99. The number of carbonyl (C=O) groups is 1. The maximum atomic E-state index is 11.2. The molecule has 0 saturated carbocycles. The number of ketones is 1. The molecule has 0 spiro atoms. The number of rotatable bonds is 6. The summed E-state index contributed by atoms with van der Waals surface area (Å²) in [4.78, 5) is 11.0. The normalized spacial score (nSPS) is 11.2. The number of carbonyl (C=O) groups excluding carboxylic acids is 1. The predicted octanol–water partition coefficient (Wildman–Crippen LogP) is 1.84. The van der Waals surface area contributed by atoms with Gasteiger partial charge in [0, 0.05) is 12.7 Å². The largest absolute Gasteiger partial charge is 0.494 e. The van der Waals surface area contributed by atoms with Crippen LogP contribution in [-0.2, 0) is 14.6 Å². The summed E-state index contributed by atoms with van der Waals surface area (Å²) in [5.41, 5.74) is 0. The molecule has 5 heteroatoms. The van der Waals surface area contributed by atoms with Crippen molar-refractivity contribution in [2.75, 3.05) is 12.9 Å². The molecule has 0 fully saturated rings. The highest BCUT2D eigenvalue weighted by Gasteiger charge is 2.06. The lowest BCUT2D eigenvalue weighted by Crippen LogP contribution is -2.01. The van der Waals surface area contributed by atoms with Crippen LogP contribution in [0.25, 0.3) is 0 Å². The van der Waals surface area contributed by atoms with Gasteiger partial charge in [0.1, 0.15) is 11.5 Å². The molecular weight excluding hydrogens is 240 g/mol. The first-order valence-corrected chi connectivity index (χ1v) is 7.21. The highest BCUT2D eigenvalue weighted by molar-refractivity contribution is 7.90. The van der Waals surface area contributed by atoms with Gasteiger partial charge in [0.15, 0.2) is 9.84 Å². The van der Waals surface area contributed by atoms with E-state index in [1.165, 1.54) is 12.1 Å². The molecule has 0 heterocycles. The fourth-order valence-corrected chi connectivity index (χ4v) is 1.92. The van der Waals surface area contributed by atoms with Crippen molar-refractivity contribution < 1.29 is 17.9 Å². The zero-order chi connectivity index (χ0) is 12.9. The zero-order valence-electron chi connectivity index (χ0n) is 9.97. The van der Waals surface area contributed by atoms with Gasteiger partial charge in [-0.2, -0.15) is 0 Å². The fraction of sp³-hybridized carbons (Fsp3) is 0.417. The van der Waals surface area contributed by atoms with E-state index in [4.69, 9.17) is 4.74 Å². The van der Waals surface area contributed by atoms with Gasteiger partial charge in [0.25, 0.3) is 0 Å². The lowest BCUT2D eigenvalue weighted by molar-refractivity contribution is -0.117. The summed E-state index contributed by atoms with van der Waals surface area (Å²) in [5, 5.41) is 0. The second-order valence-corrected chi connectivity index (χ2v) is 5.91. The Hall–Kier alpha value is -1.36. The zero-order valence-corrected chi connectivity index (χ0v) is 10.8. The van der Waals surface area contributed by atoms with Crippen molar-refractivity contribution in [2.24, 2.45) is 0 Å². The fourth-order valence-electron chi connectivity index (χ4n) is 1.29. The van der Waals surface area contributed by atoms with E-state index in [1.807, 2.05) is 0 Å². The summed E-state index contributed by atoms with van der Waals surface area (Å²) in [6, 6.07) is 6.25. The van der Waals surface area contributed by atoms with Crippen LogP contribution in [0.1, 0.15) is 19.8 Å². The summed E-state index contributed by atoms with van der Waals surface area (Å²) in [7, 11) is -3.16. The molecule has 0 aliphatic heterocycles. The molecule has 17 heavy (non-hydrogen) atoms. The van der Waals surface area contributed by atoms with E-state index < -0.39 is 9.84 Å². The number of ether oxygens (including phenoxy) is 1. The maximum absolute atomic E-state index is 11.2. The average Bonchev–Trinajstić information content (AvgIpc) is 2.23. The van der Waals surface area contributed by atoms with Crippen molar-refractivity contribution in [1.82, 2.24) is 0 Å². The highest BCUT2D eigenvalue weighted by Crippen LogP contribution is 2.16. The molecule has 0 radical (unpaired) electrons. The van der Waals surface area contributed by atoms with Crippen LogP contribution in [0.15, 0.2) is 29.2 Å². The number of hydrogen-bond acceptors (Lipinski definition) is 4. The van der Waals surface area contributed by atoms with Crippen LogP contribution in [0.3, 0.4) is 0 Å². The monoisotopic (exact) mass is 256 g/mol. The quantitative estimate of drug-likeness (QED) is 0.729. The summed E-state index contributed by atoms with van der Waals surface area (Å²) >= 11 is 0. The Balaban J connectivity index is 2.49. The number of hydrogen-bond donors (Lipinski definition) is 0. The Morgan fingerprint density at radius 1 is 1.24 bits per heavy atom. The van der Waals surface area contributed by atoms with Crippen LogP contribution in [0.2, 0.25) is 0 Å². The van der Waals surface area contributed by atoms with E-state index in [-0.39, 0.29) is 10.7 Å². The third-order valence-electron chi connectivity index (χ3n) is 2.19. The molecule has 0 aliphatic rings. The van der Waals surface area contributed by atoms with Gasteiger partial charge in [0.2, 0.25) is 0 Å². The Kier molecular flexibility index (Phi) is 4.69. The Bertz CT molecular complexity index is 474. The van der Waals surface area contributed by atoms with E-state index in [1.54, 1.807) is 19.1 Å². The maximum Gasteiger partial charge on any atom is 0.175 e. The van der Waals surface area contributed by atoms with E-state index >= 15 is 0 Å². The standard InChI is InChI=1S/C12H16O4S/c1-10(13)4-3-9-16-11-5-7-12(8-6-11)17(2,14)15/h5-8H,3-4,9H2,1-2H3. The molecule has 4 nitrogen and oxygen atoms in total. The SMILES string of the molecule is CC(=O)CCCOc1ccc(S(C)(=O)=O)cc1. The van der Waals surface area contributed by atoms with Crippen LogP contribution in [0.5, 0.6) is 5.75 Å². The van der Waals surface area contributed by atoms with Crippen molar-refractivity contribution in [3.8, 4) is 5.75 Å². The smallest absolute Gasteiger partial charge is 0.175 e. The molecular formula is C12H16O4S. The van der Waals surface area contributed by atoms with Crippen LogP contribution in [0.4, 0.5) is 0 Å². The van der Waals surface area contributed by atoms with Crippen LogP contribution in [0, 0.1) is 0 Å². The van der Waals surface area contributed by atoms with Crippen molar-refractivity contribution in [3.05, 3.63) is 24.3 Å². The van der Waals surface area contributed by atoms with Gasteiger partial charge >= 0.3 is 0 Å². The lowest BCUT2D eigenvalue weighted by Gasteiger charge is -2.05. The Morgan fingerprint density at radius 3 is 2.29 bits per heavy atom. The van der Waals surface area contributed by atoms with Gasteiger partial charge in [-0.25, -0.2) is 8.42 Å². The van der Waals surface area contributed by atoms with Crippen molar-refractivity contribution in [3.63, 3.8) is 0 Å². The Labute approximate surface area is 102 Å². The minimum absolute atomic E-state index is 0.140. The summed E-state index contributed by atoms with van der Waals surface area (Å²) < 4.78 is 27.8. The summed E-state index contributed by atoms with van der Waals surface area (Å²) in [6.45, 7) is 2.00. The number of sulfone groups is 1. The number of benzene rings is 1. The minimum Gasteiger partial charge on any atom is -0.494 e. The molecule has 0 aromatic heterocycles. The van der Waals surface area contributed by atoms with Gasteiger partial charge in [0.05, 0.1) is 11.5 Å². The molecule has 0 N–H and O–H groups in total. The van der Waals surface area contributed by atoms with Gasteiger partial charge in [-0.1, -0.05) is 0 Å². The first-order chi connectivity index (χ1) is 7.89.